The molecule has 2 rings (SSSR count). The molecular formula is C14H13NO. The Morgan fingerprint density at radius 1 is 1.00 bits per heavy atom. The number of hydrogen-bond donors (Lipinski definition) is 1. The van der Waals surface area contributed by atoms with Crippen LogP contribution in [0.25, 0.3) is 6.08 Å². The van der Waals surface area contributed by atoms with E-state index in [9.17, 15) is 0 Å². The van der Waals surface area contributed by atoms with Crippen molar-refractivity contribution in [1.82, 2.24) is 4.98 Å². The minimum atomic E-state index is 0.297. The molecule has 2 aromatic rings. The van der Waals surface area contributed by atoms with E-state index in [4.69, 9.17) is 5.11 Å². The maximum atomic E-state index is 9.13. The van der Waals surface area contributed by atoms with Gasteiger partial charge in [0.1, 0.15) is 5.75 Å². The molecule has 0 saturated carbocycles. The first kappa shape index (κ1) is 10.4. The molecule has 0 atom stereocenters. The van der Waals surface area contributed by atoms with Gasteiger partial charge in [-0.05, 0) is 41.8 Å². The van der Waals surface area contributed by atoms with Crippen LogP contribution in [-0.4, -0.2) is 10.1 Å². The van der Waals surface area contributed by atoms with Crippen LogP contribution in [0.5, 0.6) is 5.75 Å². The van der Waals surface area contributed by atoms with E-state index < -0.39 is 0 Å². The standard InChI is InChI=1S/C14H13NO/c16-14-6-4-12(5-7-14)2-1-3-13-8-10-15-11-9-13/h1-2,4-11,16H,3H2. The van der Waals surface area contributed by atoms with Gasteiger partial charge in [0.05, 0.1) is 0 Å². The van der Waals surface area contributed by atoms with Crippen LogP contribution in [0, 0.1) is 0 Å². The van der Waals surface area contributed by atoms with Crippen LogP contribution in [0.3, 0.4) is 0 Å². The second kappa shape index (κ2) is 5.12. The molecule has 0 aliphatic rings. The summed E-state index contributed by atoms with van der Waals surface area (Å²) in [5, 5.41) is 9.13. The van der Waals surface area contributed by atoms with Crippen molar-refractivity contribution in [2.45, 2.75) is 6.42 Å². The largest absolute Gasteiger partial charge is 0.508 e. The molecule has 1 aromatic heterocycles. The number of pyridine rings is 1. The molecule has 0 bridgehead atoms. The molecule has 1 heterocycles. The molecule has 0 fully saturated rings. The second-order valence-electron chi connectivity index (χ2n) is 3.55. The molecule has 0 unspecified atom stereocenters. The Bertz CT molecular complexity index is 460. The Balaban J connectivity index is 1.98. The van der Waals surface area contributed by atoms with Crippen molar-refractivity contribution in [2.75, 3.05) is 0 Å². The van der Waals surface area contributed by atoms with E-state index in [2.05, 4.69) is 11.1 Å². The Kier molecular flexibility index (Phi) is 3.34. The van der Waals surface area contributed by atoms with E-state index in [0.29, 0.717) is 5.75 Å². The van der Waals surface area contributed by atoms with Crippen LogP contribution in [0.1, 0.15) is 11.1 Å². The summed E-state index contributed by atoms with van der Waals surface area (Å²) < 4.78 is 0. The topological polar surface area (TPSA) is 33.1 Å². The van der Waals surface area contributed by atoms with Crippen molar-refractivity contribution < 1.29 is 5.11 Å². The zero-order valence-electron chi connectivity index (χ0n) is 8.88. The Morgan fingerprint density at radius 3 is 2.38 bits per heavy atom. The highest BCUT2D eigenvalue weighted by atomic mass is 16.3. The summed E-state index contributed by atoms with van der Waals surface area (Å²) in [6.07, 6.45) is 8.62. The van der Waals surface area contributed by atoms with E-state index in [-0.39, 0.29) is 0 Å². The number of aromatic hydroxyl groups is 1. The zero-order valence-corrected chi connectivity index (χ0v) is 8.88. The fourth-order valence-corrected chi connectivity index (χ4v) is 1.44. The summed E-state index contributed by atoms with van der Waals surface area (Å²) in [6.45, 7) is 0. The maximum absolute atomic E-state index is 9.13. The molecule has 0 radical (unpaired) electrons. The number of phenols is 1. The Hall–Kier alpha value is -2.09. The molecule has 16 heavy (non-hydrogen) atoms. The highest BCUT2D eigenvalue weighted by molar-refractivity contribution is 5.50. The smallest absolute Gasteiger partial charge is 0.115 e. The van der Waals surface area contributed by atoms with Crippen molar-refractivity contribution >= 4 is 6.08 Å². The molecule has 2 heteroatoms. The summed E-state index contributed by atoms with van der Waals surface area (Å²) >= 11 is 0. The van der Waals surface area contributed by atoms with Gasteiger partial charge in [0.15, 0.2) is 0 Å². The molecule has 0 amide bonds. The molecule has 0 saturated heterocycles. The number of rotatable bonds is 3. The molecule has 1 aromatic carbocycles. The number of phenolic OH excluding ortho intramolecular Hbond substituents is 1. The van der Waals surface area contributed by atoms with Crippen LogP contribution in [0.4, 0.5) is 0 Å². The first-order chi connectivity index (χ1) is 7.84. The van der Waals surface area contributed by atoms with Gasteiger partial charge >= 0.3 is 0 Å². The van der Waals surface area contributed by atoms with Gasteiger partial charge in [-0.25, -0.2) is 0 Å². The van der Waals surface area contributed by atoms with Gasteiger partial charge < -0.3 is 5.11 Å². The van der Waals surface area contributed by atoms with Crippen molar-refractivity contribution in [3.05, 3.63) is 66.0 Å². The third-order valence-electron chi connectivity index (χ3n) is 2.31. The van der Waals surface area contributed by atoms with Gasteiger partial charge in [0.2, 0.25) is 0 Å². The second-order valence-corrected chi connectivity index (χ2v) is 3.55. The number of benzene rings is 1. The normalized spacial score (nSPS) is 10.8. The fraction of sp³-hybridized carbons (Fsp3) is 0.0714. The van der Waals surface area contributed by atoms with Crippen molar-refractivity contribution in [3.8, 4) is 5.75 Å². The van der Waals surface area contributed by atoms with E-state index >= 15 is 0 Å². The zero-order chi connectivity index (χ0) is 11.2. The van der Waals surface area contributed by atoms with Gasteiger partial charge in [-0.3, -0.25) is 4.98 Å². The monoisotopic (exact) mass is 211 g/mol. The Labute approximate surface area is 94.9 Å². The molecule has 80 valence electrons. The molecule has 1 N–H and O–H groups in total. The van der Waals surface area contributed by atoms with Crippen molar-refractivity contribution in [2.24, 2.45) is 0 Å². The van der Waals surface area contributed by atoms with Gasteiger partial charge in [0, 0.05) is 12.4 Å². The third kappa shape index (κ3) is 2.95. The Morgan fingerprint density at radius 2 is 1.69 bits per heavy atom. The number of aromatic nitrogens is 1. The number of allylic oxidation sites excluding steroid dienone is 1. The summed E-state index contributed by atoms with van der Waals surface area (Å²) in [6, 6.07) is 11.2. The summed E-state index contributed by atoms with van der Waals surface area (Å²) in [5.74, 6) is 0.297. The molecule has 0 aliphatic carbocycles. The molecule has 0 aliphatic heterocycles. The van der Waals surface area contributed by atoms with E-state index in [1.165, 1.54) is 5.56 Å². The third-order valence-corrected chi connectivity index (χ3v) is 2.31. The van der Waals surface area contributed by atoms with Crippen LogP contribution in [0.15, 0.2) is 54.9 Å². The minimum Gasteiger partial charge on any atom is -0.508 e. The first-order valence-electron chi connectivity index (χ1n) is 5.19. The summed E-state index contributed by atoms with van der Waals surface area (Å²) in [4.78, 5) is 3.97. The minimum absolute atomic E-state index is 0.297. The maximum Gasteiger partial charge on any atom is 0.115 e. The molecule has 0 spiro atoms. The lowest BCUT2D eigenvalue weighted by atomic mass is 10.1. The van der Waals surface area contributed by atoms with Gasteiger partial charge in [-0.1, -0.05) is 24.3 Å². The van der Waals surface area contributed by atoms with E-state index in [0.717, 1.165) is 12.0 Å². The van der Waals surface area contributed by atoms with Gasteiger partial charge in [-0.2, -0.15) is 0 Å². The quantitative estimate of drug-likeness (QED) is 0.846. The number of nitrogens with zero attached hydrogens (tertiary/aromatic N) is 1. The predicted octanol–water partition coefficient (Wildman–Crippen LogP) is 3.04. The predicted molar refractivity (Wildman–Crippen MR) is 65.1 cm³/mol. The van der Waals surface area contributed by atoms with Crippen LogP contribution in [-0.2, 0) is 6.42 Å². The average Bonchev–Trinajstić information content (AvgIpc) is 2.33. The van der Waals surface area contributed by atoms with Gasteiger partial charge in [-0.15, -0.1) is 0 Å². The van der Waals surface area contributed by atoms with Crippen LogP contribution < -0.4 is 0 Å². The molecular weight excluding hydrogens is 198 g/mol. The lowest BCUT2D eigenvalue weighted by molar-refractivity contribution is 0.475. The summed E-state index contributed by atoms with van der Waals surface area (Å²) in [7, 11) is 0. The lowest BCUT2D eigenvalue weighted by Gasteiger charge is -1.95. The molecule has 2 nitrogen and oxygen atoms in total. The van der Waals surface area contributed by atoms with Crippen molar-refractivity contribution in [1.29, 1.82) is 0 Å². The first-order valence-corrected chi connectivity index (χ1v) is 5.19. The fourth-order valence-electron chi connectivity index (χ4n) is 1.44. The lowest BCUT2D eigenvalue weighted by Crippen LogP contribution is -1.80. The SMILES string of the molecule is Oc1ccc(C=CCc2ccncc2)cc1. The van der Waals surface area contributed by atoms with Crippen LogP contribution in [0.2, 0.25) is 0 Å². The highest BCUT2D eigenvalue weighted by Gasteiger charge is 1.89. The summed E-state index contributed by atoms with van der Waals surface area (Å²) in [5.41, 5.74) is 2.33. The average molecular weight is 211 g/mol. The highest BCUT2D eigenvalue weighted by Crippen LogP contribution is 2.11. The van der Waals surface area contributed by atoms with Gasteiger partial charge in [0.25, 0.3) is 0 Å². The van der Waals surface area contributed by atoms with Crippen LogP contribution >= 0.6 is 0 Å². The van der Waals surface area contributed by atoms with E-state index in [1.807, 2.05) is 30.3 Å². The number of hydrogen-bond acceptors (Lipinski definition) is 2. The van der Waals surface area contributed by atoms with E-state index in [1.54, 1.807) is 24.5 Å². The van der Waals surface area contributed by atoms with Crippen molar-refractivity contribution in [3.63, 3.8) is 0 Å².